The fourth-order valence-corrected chi connectivity index (χ4v) is 5.70. The van der Waals surface area contributed by atoms with Gasteiger partial charge in [0.05, 0.1) is 11.3 Å². The number of carbonyl (C=O) groups is 1. The molecule has 6 nitrogen and oxygen atoms in total. The average Bonchev–Trinajstić information content (AvgIpc) is 3.22. The predicted molar refractivity (Wildman–Crippen MR) is 138 cm³/mol. The van der Waals surface area contributed by atoms with Gasteiger partial charge in [-0.1, -0.05) is 37.5 Å². The van der Waals surface area contributed by atoms with Gasteiger partial charge < -0.3 is 16.4 Å². The van der Waals surface area contributed by atoms with Crippen LogP contribution in [0.4, 0.5) is 11.5 Å². The van der Waals surface area contributed by atoms with Gasteiger partial charge in [0.25, 0.3) is 5.91 Å². The number of para-hydroxylation sites is 1. The Labute approximate surface area is 202 Å². The van der Waals surface area contributed by atoms with Crippen molar-refractivity contribution in [1.82, 2.24) is 14.7 Å². The Kier molecular flexibility index (Phi) is 6.59. The molecule has 0 radical (unpaired) electrons. The van der Waals surface area contributed by atoms with Gasteiger partial charge in [-0.3, -0.25) is 9.20 Å². The second kappa shape index (κ2) is 9.79. The van der Waals surface area contributed by atoms with Gasteiger partial charge in [0.2, 0.25) is 0 Å². The molecule has 3 aromatic rings. The highest BCUT2D eigenvalue weighted by molar-refractivity contribution is 6.00. The Bertz CT molecular complexity index is 1150. The molecule has 1 aromatic carbocycles. The number of carbonyl (C=O) groups excluding carboxylic acids is 1. The SMILES string of the molecule is Cc1cccc(C)c1Nc1c(C2CCCCC2)nc2c(C(=O)NC3CCC(N)CC3)cccn12. The first-order chi connectivity index (χ1) is 16.5. The van der Waals surface area contributed by atoms with E-state index in [1.54, 1.807) is 0 Å². The summed E-state index contributed by atoms with van der Waals surface area (Å²) < 4.78 is 2.08. The number of pyridine rings is 1. The van der Waals surface area contributed by atoms with Crippen molar-refractivity contribution in [3.8, 4) is 0 Å². The van der Waals surface area contributed by atoms with Crippen LogP contribution in [0, 0.1) is 13.8 Å². The largest absolute Gasteiger partial charge is 0.349 e. The number of aryl methyl sites for hydroxylation is 2. The van der Waals surface area contributed by atoms with Gasteiger partial charge in [-0.25, -0.2) is 4.98 Å². The molecule has 0 aliphatic heterocycles. The summed E-state index contributed by atoms with van der Waals surface area (Å²) in [4.78, 5) is 18.5. The number of hydrogen-bond donors (Lipinski definition) is 3. The van der Waals surface area contributed by atoms with Gasteiger partial charge in [-0.2, -0.15) is 0 Å². The third kappa shape index (κ3) is 4.56. The van der Waals surface area contributed by atoms with Crippen LogP contribution >= 0.6 is 0 Å². The summed E-state index contributed by atoms with van der Waals surface area (Å²) in [5, 5.41) is 6.99. The second-order valence-electron chi connectivity index (χ2n) is 10.3. The maximum atomic E-state index is 13.4. The lowest BCUT2D eigenvalue weighted by Crippen LogP contribution is -2.40. The van der Waals surface area contributed by atoms with Crippen molar-refractivity contribution >= 4 is 23.1 Å². The zero-order valence-corrected chi connectivity index (χ0v) is 20.4. The first-order valence-corrected chi connectivity index (χ1v) is 12.9. The number of fused-ring (bicyclic) bond motifs is 1. The molecule has 2 saturated carbocycles. The van der Waals surface area contributed by atoms with Gasteiger partial charge in [-0.15, -0.1) is 0 Å². The normalized spacial score (nSPS) is 21.5. The number of nitrogens with two attached hydrogens (primary N) is 1. The van der Waals surface area contributed by atoms with E-state index in [9.17, 15) is 4.79 Å². The highest BCUT2D eigenvalue weighted by atomic mass is 16.1. The molecule has 0 atom stereocenters. The molecule has 0 spiro atoms. The third-order valence-corrected chi connectivity index (χ3v) is 7.75. The Balaban J connectivity index is 1.54. The number of amides is 1. The zero-order chi connectivity index (χ0) is 23.7. The molecular formula is C28H37N5O. The van der Waals surface area contributed by atoms with E-state index in [0.29, 0.717) is 11.5 Å². The van der Waals surface area contributed by atoms with E-state index in [0.717, 1.165) is 61.4 Å². The molecule has 5 rings (SSSR count). The molecule has 6 heteroatoms. The highest BCUT2D eigenvalue weighted by Crippen LogP contribution is 2.38. The van der Waals surface area contributed by atoms with Crippen LogP contribution in [-0.4, -0.2) is 27.4 Å². The lowest BCUT2D eigenvalue weighted by molar-refractivity contribution is 0.0927. The number of imidazole rings is 1. The molecule has 2 fully saturated rings. The van der Waals surface area contributed by atoms with Crippen LogP contribution < -0.4 is 16.4 Å². The number of benzene rings is 1. The Morgan fingerprint density at radius 3 is 2.38 bits per heavy atom. The minimum Gasteiger partial charge on any atom is -0.349 e. The Morgan fingerprint density at radius 2 is 1.68 bits per heavy atom. The standard InChI is InChI=1S/C28H37N5O/c1-18-8-6-9-19(2)24(18)31-27-25(20-10-4-3-5-11-20)32-26-23(12-7-17-33(26)27)28(34)30-22-15-13-21(29)14-16-22/h6-9,12,17,20-22,31H,3-5,10-11,13-16,29H2,1-2H3,(H,30,34). The molecule has 2 heterocycles. The van der Waals surface area contributed by atoms with Gasteiger partial charge in [0.1, 0.15) is 5.82 Å². The van der Waals surface area contributed by atoms with Crippen molar-refractivity contribution in [2.24, 2.45) is 5.73 Å². The number of aromatic nitrogens is 2. The Morgan fingerprint density at radius 1 is 0.971 bits per heavy atom. The van der Waals surface area contributed by atoms with Gasteiger partial charge >= 0.3 is 0 Å². The number of rotatable bonds is 5. The maximum Gasteiger partial charge on any atom is 0.255 e. The molecule has 0 bridgehead atoms. The highest BCUT2D eigenvalue weighted by Gasteiger charge is 2.27. The molecule has 2 aliphatic carbocycles. The van der Waals surface area contributed by atoms with Crippen molar-refractivity contribution in [1.29, 1.82) is 0 Å². The molecule has 0 unspecified atom stereocenters. The molecule has 2 aliphatic rings. The molecule has 180 valence electrons. The van der Waals surface area contributed by atoms with Crippen molar-refractivity contribution in [2.75, 3.05) is 5.32 Å². The van der Waals surface area contributed by atoms with Crippen LogP contribution in [0.3, 0.4) is 0 Å². The van der Waals surface area contributed by atoms with Crippen molar-refractivity contribution in [2.45, 2.75) is 89.6 Å². The quantitative estimate of drug-likeness (QED) is 0.454. The first-order valence-electron chi connectivity index (χ1n) is 12.9. The van der Waals surface area contributed by atoms with E-state index in [1.807, 2.05) is 18.3 Å². The summed E-state index contributed by atoms with van der Waals surface area (Å²) in [5.74, 6) is 1.37. The topological polar surface area (TPSA) is 84.5 Å². The number of anilines is 2. The van der Waals surface area contributed by atoms with Gasteiger partial charge in [0, 0.05) is 29.9 Å². The van der Waals surface area contributed by atoms with Crippen LogP contribution in [0.5, 0.6) is 0 Å². The number of nitrogens with one attached hydrogen (secondary N) is 2. The van der Waals surface area contributed by atoms with E-state index < -0.39 is 0 Å². The molecular weight excluding hydrogens is 422 g/mol. The average molecular weight is 460 g/mol. The minimum absolute atomic E-state index is 0.0371. The van der Waals surface area contributed by atoms with Crippen LogP contribution in [0.15, 0.2) is 36.5 Å². The van der Waals surface area contributed by atoms with Crippen LogP contribution in [0.25, 0.3) is 5.65 Å². The fourth-order valence-electron chi connectivity index (χ4n) is 5.70. The van der Waals surface area contributed by atoms with Crippen LogP contribution in [0.1, 0.15) is 90.9 Å². The smallest absolute Gasteiger partial charge is 0.255 e. The second-order valence-corrected chi connectivity index (χ2v) is 10.3. The summed E-state index contributed by atoms with van der Waals surface area (Å²) in [7, 11) is 0. The molecule has 2 aromatic heterocycles. The maximum absolute atomic E-state index is 13.4. The van der Waals surface area contributed by atoms with Crippen LogP contribution in [0.2, 0.25) is 0 Å². The van der Waals surface area contributed by atoms with E-state index in [-0.39, 0.29) is 18.0 Å². The van der Waals surface area contributed by atoms with Crippen molar-refractivity contribution in [3.63, 3.8) is 0 Å². The summed E-state index contributed by atoms with van der Waals surface area (Å²) in [6, 6.07) is 10.7. The van der Waals surface area contributed by atoms with Gasteiger partial charge in [-0.05, 0) is 75.6 Å². The summed E-state index contributed by atoms with van der Waals surface area (Å²) in [6.45, 7) is 4.27. The predicted octanol–water partition coefficient (Wildman–Crippen LogP) is 5.74. The van der Waals surface area contributed by atoms with E-state index in [2.05, 4.69) is 47.1 Å². The molecule has 0 saturated heterocycles. The minimum atomic E-state index is -0.0371. The van der Waals surface area contributed by atoms with E-state index >= 15 is 0 Å². The van der Waals surface area contributed by atoms with Crippen LogP contribution in [-0.2, 0) is 0 Å². The lowest BCUT2D eigenvalue weighted by Gasteiger charge is -2.26. The van der Waals surface area contributed by atoms with E-state index in [4.69, 9.17) is 10.7 Å². The number of nitrogens with zero attached hydrogens (tertiary/aromatic N) is 2. The summed E-state index contributed by atoms with van der Waals surface area (Å²) >= 11 is 0. The third-order valence-electron chi connectivity index (χ3n) is 7.75. The summed E-state index contributed by atoms with van der Waals surface area (Å²) in [5.41, 5.74) is 12.1. The van der Waals surface area contributed by atoms with Gasteiger partial charge in [0.15, 0.2) is 5.65 Å². The molecule has 4 N–H and O–H groups in total. The zero-order valence-electron chi connectivity index (χ0n) is 20.4. The fraction of sp³-hybridized carbons (Fsp3) is 0.500. The summed E-state index contributed by atoms with van der Waals surface area (Å²) in [6.07, 6.45) is 11.9. The molecule has 1 amide bonds. The monoisotopic (exact) mass is 459 g/mol. The van der Waals surface area contributed by atoms with E-state index in [1.165, 1.54) is 30.4 Å². The molecule has 34 heavy (non-hydrogen) atoms. The van der Waals surface area contributed by atoms with Crippen molar-refractivity contribution < 1.29 is 4.79 Å². The Hall–Kier alpha value is -2.86. The van der Waals surface area contributed by atoms with Crippen molar-refractivity contribution in [3.05, 3.63) is 58.9 Å². The lowest BCUT2D eigenvalue weighted by atomic mass is 9.87. The number of hydrogen-bond acceptors (Lipinski definition) is 4. The first kappa shape index (κ1) is 22.9.